The number of benzene rings is 2. The Morgan fingerprint density at radius 2 is 2.00 bits per heavy atom. The molecule has 0 aliphatic carbocycles. The fourth-order valence-corrected chi connectivity index (χ4v) is 2.93. The Morgan fingerprint density at radius 3 is 2.75 bits per heavy atom. The van der Waals surface area contributed by atoms with Crippen molar-refractivity contribution in [2.24, 2.45) is 0 Å². The first-order valence-electron chi connectivity index (χ1n) is 7.62. The van der Waals surface area contributed by atoms with Crippen molar-refractivity contribution in [3.8, 4) is 17.0 Å². The highest BCUT2D eigenvalue weighted by atomic mass is 32.1. The quantitative estimate of drug-likeness (QED) is 0.748. The van der Waals surface area contributed by atoms with Gasteiger partial charge in [0, 0.05) is 16.6 Å². The summed E-state index contributed by atoms with van der Waals surface area (Å²) in [6, 6.07) is 15.3. The monoisotopic (exact) mass is 338 g/mol. The third-order valence-corrected chi connectivity index (χ3v) is 4.29. The number of rotatable bonds is 5. The molecule has 0 saturated heterocycles. The van der Waals surface area contributed by atoms with Gasteiger partial charge in [-0.2, -0.15) is 0 Å². The molecule has 0 saturated carbocycles. The number of amides is 1. The number of carbonyl (C=O) groups excluding carboxylic acids is 1. The highest BCUT2D eigenvalue weighted by Gasteiger charge is 2.07. The van der Waals surface area contributed by atoms with Gasteiger partial charge in [0.1, 0.15) is 5.75 Å². The van der Waals surface area contributed by atoms with Gasteiger partial charge in [-0.15, -0.1) is 11.3 Å². The molecule has 0 spiro atoms. The summed E-state index contributed by atoms with van der Waals surface area (Å²) >= 11 is 1.61. The van der Waals surface area contributed by atoms with E-state index in [0.29, 0.717) is 0 Å². The van der Waals surface area contributed by atoms with Crippen LogP contribution in [0.4, 0.5) is 5.69 Å². The Bertz CT molecular complexity index is 858. The van der Waals surface area contributed by atoms with E-state index in [0.717, 1.165) is 33.3 Å². The lowest BCUT2D eigenvalue weighted by molar-refractivity contribution is -0.118. The Morgan fingerprint density at radius 1 is 1.17 bits per heavy atom. The number of aryl methyl sites for hydroxylation is 2. The number of para-hydroxylation sites is 1. The summed E-state index contributed by atoms with van der Waals surface area (Å²) in [6.45, 7) is 3.90. The smallest absolute Gasteiger partial charge is 0.262 e. The molecule has 1 heterocycles. The molecule has 0 aliphatic heterocycles. The molecule has 3 aromatic rings. The first kappa shape index (κ1) is 16.2. The molecular formula is C19H18N2O2S. The number of nitrogens with one attached hydrogen (secondary N) is 1. The van der Waals surface area contributed by atoms with E-state index in [2.05, 4.69) is 10.3 Å². The molecule has 122 valence electrons. The molecule has 0 bridgehead atoms. The maximum absolute atomic E-state index is 12.1. The van der Waals surface area contributed by atoms with Crippen molar-refractivity contribution in [3.05, 3.63) is 64.5 Å². The molecule has 1 N–H and O–H groups in total. The average Bonchev–Trinajstić information content (AvgIpc) is 3.01. The van der Waals surface area contributed by atoms with Crippen LogP contribution in [0.15, 0.2) is 53.9 Å². The molecule has 4 nitrogen and oxygen atoms in total. The Labute approximate surface area is 145 Å². The highest BCUT2D eigenvalue weighted by Crippen LogP contribution is 2.24. The minimum atomic E-state index is -0.190. The van der Waals surface area contributed by atoms with E-state index in [1.54, 1.807) is 11.3 Å². The first-order chi connectivity index (χ1) is 11.6. The summed E-state index contributed by atoms with van der Waals surface area (Å²) in [5, 5.41) is 5.89. The summed E-state index contributed by atoms with van der Waals surface area (Å²) in [7, 11) is 0. The van der Waals surface area contributed by atoms with E-state index in [1.165, 1.54) is 0 Å². The maximum atomic E-state index is 12.1. The predicted octanol–water partition coefficient (Wildman–Crippen LogP) is 4.44. The summed E-state index contributed by atoms with van der Waals surface area (Å²) in [5.41, 5.74) is 3.64. The first-order valence-corrected chi connectivity index (χ1v) is 8.50. The van der Waals surface area contributed by atoms with Crippen LogP contribution in [-0.4, -0.2) is 17.5 Å². The fraction of sp³-hybridized carbons (Fsp3) is 0.158. The van der Waals surface area contributed by atoms with Gasteiger partial charge in [-0.3, -0.25) is 4.79 Å². The van der Waals surface area contributed by atoms with Crippen molar-refractivity contribution >= 4 is 22.9 Å². The van der Waals surface area contributed by atoms with Gasteiger partial charge in [0.25, 0.3) is 5.91 Å². The number of nitrogens with zero attached hydrogens (tertiary/aromatic N) is 1. The molecule has 1 amide bonds. The van der Waals surface area contributed by atoms with Crippen molar-refractivity contribution in [3.63, 3.8) is 0 Å². The summed E-state index contributed by atoms with van der Waals surface area (Å²) in [5.74, 6) is 0.532. The van der Waals surface area contributed by atoms with Gasteiger partial charge >= 0.3 is 0 Å². The topological polar surface area (TPSA) is 51.2 Å². The van der Waals surface area contributed by atoms with Gasteiger partial charge in [0.05, 0.1) is 10.7 Å². The maximum Gasteiger partial charge on any atom is 0.262 e. The molecule has 0 unspecified atom stereocenters. The zero-order valence-electron chi connectivity index (χ0n) is 13.6. The van der Waals surface area contributed by atoms with Crippen LogP contribution >= 0.6 is 11.3 Å². The summed E-state index contributed by atoms with van der Waals surface area (Å²) < 4.78 is 5.57. The normalized spacial score (nSPS) is 10.4. The number of ether oxygens (including phenoxy) is 1. The fourth-order valence-electron chi connectivity index (χ4n) is 2.31. The molecule has 0 atom stereocenters. The van der Waals surface area contributed by atoms with E-state index in [9.17, 15) is 4.79 Å². The third-order valence-electron chi connectivity index (χ3n) is 3.51. The van der Waals surface area contributed by atoms with Crippen LogP contribution in [0.25, 0.3) is 11.3 Å². The minimum absolute atomic E-state index is 0.0229. The van der Waals surface area contributed by atoms with E-state index in [4.69, 9.17) is 4.74 Å². The Hall–Kier alpha value is -2.66. The zero-order chi connectivity index (χ0) is 16.9. The molecule has 2 aromatic carbocycles. The Kier molecular flexibility index (Phi) is 4.91. The van der Waals surface area contributed by atoms with Crippen molar-refractivity contribution < 1.29 is 9.53 Å². The number of anilines is 1. The second kappa shape index (κ2) is 7.27. The van der Waals surface area contributed by atoms with Crippen LogP contribution in [0.3, 0.4) is 0 Å². The second-order valence-corrected chi connectivity index (χ2v) is 6.50. The molecule has 3 rings (SSSR count). The van der Waals surface area contributed by atoms with Crippen molar-refractivity contribution in [1.29, 1.82) is 0 Å². The van der Waals surface area contributed by atoms with Gasteiger partial charge in [-0.1, -0.05) is 30.3 Å². The van der Waals surface area contributed by atoms with Gasteiger partial charge in [0.15, 0.2) is 6.61 Å². The van der Waals surface area contributed by atoms with Crippen LogP contribution in [0.2, 0.25) is 0 Å². The molecule has 24 heavy (non-hydrogen) atoms. The molecule has 0 fully saturated rings. The second-order valence-electron chi connectivity index (χ2n) is 5.43. The van der Waals surface area contributed by atoms with Crippen LogP contribution in [0, 0.1) is 13.8 Å². The van der Waals surface area contributed by atoms with E-state index in [1.807, 2.05) is 67.8 Å². The zero-order valence-corrected chi connectivity index (χ0v) is 14.4. The van der Waals surface area contributed by atoms with Gasteiger partial charge in [-0.25, -0.2) is 4.98 Å². The van der Waals surface area contributed by atoms with Crippen LogP contribution in [0.5, 0.6) is 5.75 Å². The lowest BCUT2D eigenvalue weighted by Crippen LogP contribution is -2.20. The van der Waals surface area contributed by atoms with Crippen LogP contribution in [0.1, 0.15) is 10.6 Å². The number of aromatic nitrogens is 1. The van der Waals surface area contributed by atoms with E-state index in [-0.39, 0.29) is 12.5 Å². The summed E-state index contributed by atoms with van der Waals surface area (Å²) in [6.07, 6.45) is 0. The van der Waals surface area contributed by atoms with E-state index >= 15 is 0 Å². The SMILES string of the molecule is Cc1nc(-c2cccc(NC(=O)COc3ccccc3C)c2)cs1. The Balaban J connectivity index is 1.63. The van der Waals surface area contributed by atoms with E-state index < -0.39 is 0 Å². The lowest BCUT2D eigenvalue weighted by atomic mass is 10.1. The molecular weight excluding hydrogens is 320 g/mol. The summed E-state index contributed by atoms with van der Waals surface area (Å²) in [4.78, 5) is 16.6. The van der Waals surface area contributed by atoms with Crippen molar-refractivity contribution in [2.45, 2.75) is 13.8 Å². The average molecular weight is 338 g/mol. The van der Waals surface area contributed by atoms with Crippen molar-refractivity contribution in [2.75, 3.05) is 11.9 Å². The predicted molar refractivity (Wildman–Crippen MR) is 97.6 cm³/mol. The number of hydrogen-bond acceptors (Lipinski definition) is 4. The largest absolute Gasteiger partial charge is 0.483 e. The number of carbonyl (C=O) groups is 1. The third kappa shape index (κ3) is 4.00. The van der Waals surface area contributed by atoms with Crippen LogP contribution < -0.4 is 10.1 Å². The van der Waals surface area contributed by atoms with Crippen molar-refractivity contribution in [1.82, 2.24) is 4.98 Å². The minimum Gasteiger partial charge on any atom is -0.483 e. The standard InChI is InChI=1S/C19H18N2O2S/c1-13-6-3-4-9-18(13)23-11-19(22)21-16-8-5-7-15(10-16)17-12-24-14(2)20-17/h3-10,12H,11H2,1-2H3,(H,21,22). The molecule has 5 heteroatoms. The van der Waals surface area contributed by atoms with Crippen LogP contribution in [-0.2, 0) is 4.79 Å². The van der Waals surface area contributed by atoms with Gasteiger partial charge in [-0.05, 0) is 37.6 Å². The van der Waals surface area contributed by atoms with Gasteiger partial charge in [0.2, 0.25) is 0 Å². The lowest BCUT2D eigenvalue weighted by Gasteiger charge is -2.10. The number of hydrogen-bond donors (Lipinski definition) is 1. The molecule has 1 aromatic heterocycles. The molecule has 0 aliphatic rings. The number of thiazole rings is 1. The highest BCUT2D eigenvalue weighted by molar-refractivity contribution is 7.09. The molecule has 0 radical (unpaired) electrons. The van der Waals surface area contributed by atoms with Gasteiger partial charge < -0.3 is 10.1 Å².